The average Bonchev–Trinajstić information content (AvgIpc) is 3.28. The van der Waals surface area contributed by atoms with Gasteiger partial charge in [-0.1, -0.05) is 32.9 Å². The van der Waals surface area contributed by atoms with Gasteiger partial charge in [-0.15, -0.1) is 11.3 Å². The summed E-state index contributed by atoms with van der Waals surface area (Å²) in [6.45, 7) is 15.6. The monoisotopic (exact) mass is 556 g/mol. The van der Waals surface area contributed by atoms with Crippen molar-refractivity contribution in [3.05, 3.63) is 73.1 Å². The van der Waals surface area contributed by atoms with Crippen LogP contribution >= 0.6 is 11.3 Å². The van der Waals surface area contributed by atoms with Crippen molar-refractivity contribution in [3.8, 4) is 0 Å². The van der Waals surface area contributed by atoms with E-state index in [-0.39, 0.29) is 35.5 Å². The molecule has 4 aromatic rings. The number of carbonyl (C=O) groups excluding carboxylic acids is 1. The summed E-state index contributed by atoms with van der Waals surface area (Å²) >= 11 is 1.21. The third-order valence-electron chi connectivity index (χ3n) is 6.69. The van der Waals surface area contributed by atoms with Gasteiger partial charge in [0.25, 0.3) is 5.56 Å². The Morgan fingerprint density at radius 2 is 1.77 bits per heavy atom. The molecule has 0 spiro atoms. The van der Waals surface area contributed by atoms with Crippen molar-refractivity contribution in [2.24, 2.45) is 7.05 Å². The summed E-state index contributed by atoms with van der Waals surface area (Å²) in [6.07, 6.45) is 1.77. The van der Waals surface area contributed by atoms with Gasteiger partial charge in [-0.25, -0.2) is 14.0 Å². The Bertz CT molecular complexity index is 1580. The van der Waals surface area contributed by atoms with Crippen LogP contribution in [0.1, 0.15) is 68.4 Å². The molecule has 3 aromatic heterocycles. The summed E-state index contributed by atoms with van der Waals surface area (Å²) in [7, 11) is 1.40. The van der Waals surface area contributed by atoms with E-state index in [2.05, 4.69) is 30.7 Å². The highest BCUT2D eigenvalue weighted by Gasteiger charge is 2.27. The highest BCUT2D eigenvalue weighted by molar-refractivity contribution is 7.19. The van der Waals surface area contributed by atoms with Crippen LogP contribution in [0.3, 0.4) is 0 Å². The highest BCUT2D eigenvalue weighted by atomic mass is 32.1. The standard InChI is InChI=1S/C23H22FN3O4S.C6H15N/c1-5-31-22(29)17-16(11-13-9-10-25-19-14(13)7-6-8-15(19)24)32-21-18(17)20(28)26(4)23(30)27(21)12(2)3;1-4-7(5-2)6-3/h6-10,12H,5,11H2,1-4H3;4-6H2,1-3H3. The second kappa shape index (κ2) is 13.1. The van der Waals surface area contributed by atoms with Crippen LogP contribution in [0.4, 0.5) is 4.39 Å². The number of carbonyl (C=O) groups is 1. The Morgan fingerprint density at radius 3 is 2.33 bits per heavy atom. The van der Waals surface area contributed by atoms with E-state index in [9.17, 15) is 18.8 Å². The highest BCUT2D eigenvalue weighted by Crippen LogP contribution is 2.33. The molecule has 0 fully saturated rings. The molecular formula is C29H37FN4O4S. The molecule has 0 saturated heterocycles. The SMILES string of the molecule is CCN(CC)CC.CCOC(=O)c1c(Cc2ccnc3c(F)cccc23)sc2c1c(=O)n(C)c(=O)n2C(C)C. The number of fused-ring (bicyclic) bond motifs is 2. The maximum atomic E-state index is 14.2. The van der Waals surface area contributed by atoms with Crippen molar-refractivity contribution >= 4 is 38.4 Å². The molecule has 0 N–H and O–H groups in total. The number of ether oxygens (including phenoxy) is 1. The van der Waals surface area contributed by atoms with Crippen molar-refractivity contribution in [1.82, 2.24) is 19.0 Å². The van der Waals surface area contributed by atoms with E-state index in [1.165, 1.54) is 54.8 Å². The number of thiophene rings is 1. The molecule has 0 unspecified atom stereocenters. The summed E-state index contributed by atoms with van der Waals surface area (Å²) in [5.74, 6) is -1.06. The van der Waals surface area contributed by atoms with Crippen LogP contribution in [0.5, 0.6) is 0 Å². The fraction of sp³-hybridized carbons (Fsp3) is 0.448. The van der Waals surface area contributed by atoms with Gasteiger partial charge >= 0.3 is 11.7 Å². The van der Waals surface area contributed by atoms with Gasteiger partial charge in [0.2, 0.25) is 0 Å². The molecule has 0 aliphatic rings. The molecule has 0 bridgehead atoms. The summed E-state index contributed by atoms with van der Waals surface area (Å²) in [5.41, 5.74) is 0.152. The summed E-state index contributed by atoms with van der Waals surface area (Å²) in [6, 6.07) is 6.24. The lowest BCUT2D eigenvalue weighted by atomic mass is 10.0. The smallest absolute Gasteiger partial charge is 0.340 e. The van der Waals surface area contributed by atoms with Crippen molar-refractivity contribution in [2.75, 3.05) is 26.2 Å². The molecule has 0 saturated carbocycles. The Labute approximate surface area is 231 Å². The molecule has 0 aliphatic heterocycles. The number of pyridine rings is 1. The first kappa shape index (κ1) is 30.2. The first-order valence-electron chi connectivity index (χ1n) is 13.3. The van der Waals surface area contributed by atoms with Gasteiger partial charge in [0.15, 0.2) is 0 Å². The van der Waals surface area contributed by atoms with E-state index in [1.54, 1.807) is 25.1 Å². The zero-order valence-electron chi connectivity index (χ0n) is 23.7. The number of para-hydroxylation sites is 1. The van der Waals surface area contributed by atoms with Crippen LogP contribution < -0.4 is 11.2 Å². The van der Waals surface area contributed by atoms with Crippen molar-refractivity contribution < 1.29 is 13.9 Å². The number of esters is 1. The van der Waals surface area contributed by atoms with E-state index in [0.717, 1.165) is 10.1 Å². The number of hydrogen-bond acceptors (Lipinski definition) is 7. The minimum atomic E-state index is -0.621. The quantitative estimate of drug-likeness (QED) is 0.279. The molecule has 1 aromatic carbocycles. The number of nitrogens with zero attached hydrogens (tertiary/aromatic N) is 4. The number of halogens is 1. The third kappa shape index (κ3) is 6.12. The van der Waals surface area contributed by atoms with Gasteiger partial charge in [0, 0.05) is 36.0 Å². The van der Waals surface area contributed by atoms with E-state index < -0.39 is 23.0 Å². The number of aromatic nitrogens is 3. The fourth-order valence-corrected chi connectivity index (χ4v) is 5.96. The summed E-state index contributed by atoms with van der Waals surface area (Å²) < 4.78 is 22.0. The van der Waals surface area contributed by atoms with Crippen LogP contribution in [-0.2, 0) is 18.2 Å². The molecule has 0 aliphatic carbocycles. The Hall–Kier alpha value is -3.37. The maximum absolute atomic E-state index is 14.2. The second-order valence-electron chi connectivity index (χ2n) is 9.31. The van der Waals surface area contributed by atoms with Gasteiger partial charge in [-0.3, -0.25) is 18.9 Å². The zero-order chi connectivity index (χ0) is 28.9. The second-order valence-corrected chi connectivity index (χ2v) is 10.4. The first-order valence-corrected chi connectivity index (χ1v) is 14.1. The number of hydrogen-bond donors (Lipinski definition) is 0. The first-order chi connectivity index (χ1) is 18.6. The number of rotatable bonds is 8. The molecular weight excluding hydrogens is 519 g/mol. The lowest BCUT2D eigenvalue weighted by Crippen LogP contribution is -2.38. The molecule has 0 amide bonds. The summed E-state index contributed by atoms with van der Waals surface area (Å²) in [4.78, 5) is 46.3. The fourth-order valence-electron chi connectivity index (χ4n) is 4.53. The zero-order valence-corrected chi connectivity index (χ0v) is 24.5. The van der Waals surface area contributed by atoms with Crippen LogP contribution in [0.25, 0.3) is 21.1 Å². The maximum Gasteiger partial charge on any atom is 0.340 e. The minimum absolute atomic E-state index is 0.142. The van der Waals surface area contributed by atoms with Crippen LogP contribution in [0.2, 0.25) is 0 Å². The van der Waals surface area contributed by atoms with E-state index in [1.807, 2.05) is 13.8 Å². The predicted molar refractivity (Wildman–Crippen MR) is 156 cm³/mol. The van der Waals surface area contributed by atoms with Crippen molar-refractivity contribution in [3.63, 3.8) is 0 Å². The normalized spacial score (nSPS) is 11.3. The van der Waals surface area contributed by atoms with E-state index >= 15 is 0 Å². The lowest BCUT2D eigenvalue weighted by Gasteiger charge is -2.13. The Balaban J connectivity index is 0.000000532. The Kier molecular flexibility index (Phi) is 10.2. The van der Waals surface area contributed by atoms with Gasteiger partial charge in [0.1, 0.15) is 16.2 Å². The molecule has 8 nitrogen and oxygen atoms in total. The van der Waals surface area contributed by atoms with Crippen LogP contribution in [-0.4, -0.2) is 51.2 Å². The molecule has 0 atom stereocenters. The Morgan fingerprint density at radius 1 is 1.10 bits per heavy atom. The molecule has 3 heterocycles. The van der Waals surface area contributed by atoms with Crippen LogP contribution in [0, 0.1) is 5.82 Å². The topological polar surface area (TPSA) is 86.4 Å². The third-order valence-corrected chi connectivity index (χ3v) is 7.88. The lowest BCUT2D eigenvalue weighted by molar-refractivity contribution is 0.0528. The van der Waals surface area contributed by atoms with Gasteiger partial charge in [-0.05, 0) is 58.1 Å². The molecule has 10 heteroatoms. The van der Waals surface area contributed by atoms with E-state index in [0.29, 0.717) is 15.1 Å². The van der Waals surface area contributed by atoms with Gasteiger partial charge < -0.3 is 9.64 Å². The molecule has 39 heavy (non-hydrogen) atoms. The van der Waals surface area contributed by atoms with Crippen molar-refractivity contribution in [2.45, 2.75) is 54.0 Å². The van der Waals surface area contributed by atoms with Gasteiger partial charge in [-0.2, -0.15) is 0 Å². The van der Waals surface area contributed by atoms with Crippen LogP contribution in [0.15, 0.2) is 40.1 Å². The minimum Gasteiger partial charge on any atom is -0.462 e. The molecule has 4 rings (SSSR count). The predicted octanol–water partition coefficient (Wildman–Crippen LogP) is 5.15. The van der Waals surface area contributed by atoms with E-state index in [4.69, 9.17) is 4.74 Å². The van der Waals surface area contributed by atoms with Crippen molar-refractivity contribution in [1.29, 1.82) is 0 Å². The molecule has 210 valence electrons. The largest absolute Gasteiger partial charge is 0.462 e. The number of benzene rings is 1. The summed E-state index contributed by atoms with van der Waals surface area (Å²) in [5, 5.41) is 0.790. The van der Waals surface area contributed by atoms with Gasteiger partial charge in [0.05, 0.1) is 17.6 Å². The molecule has 0 radical (unpaired) electrons. The average molecular weight is 557 g/mol.